The van der Waals surface area contributed by atoms with Gasteiger partial charge in [0.25, 0.3) is 0 Å². The lowest BCUT2D eigenvalue weighted by Crippen LogP contribution is -2.31. The van der Waals surface area contributed by atoms with Crippen LogP contribution in [-0.2, 0) is 5.60 Å². The van der Waals surface area contributed by atoms with Crippen molar-refractivity contribution in [3.8, 4) is 0 Å². The Morgan fingerprint density at radius 3 is 2.87 bits per heavy atom. The number of benzene rings is 1. The summed E-state index contributed by atoms with van der Waals surface area (Å²) in [5.41, 5.74) is 1.78. The van der Waals surface area contributed by atoms with Gasteiger partial charge in [0.05, 0.1) is 5.60 Å². The molecule has 2 atom stereocenters. The minimum absolute atomic E-state index is 0.566. The highest BCUT2D eigenvalue weighted by Crippen LogP contribution is 2.39. The van der Waals surface area contributed by atoms with Crippen LogP contribution in [0.5, 0.6) is 0 Å². The molecule has 0 aliphatic heterocycles. The summed E-state index contributed by atoms with van der Waals surface area (Å²) in [6.45, 7) is 4.32. The molecule has 1 aromatic rings. The number of aliphatic hydroxyl groups is 1. The fourth-order valence-electron chi connectivity index (χ4n) is 2.72. The maximum absolute atomic E-state index is 10.6. The molecule has 15 heavy (non-hydrogen) atoms. The van der Waals surface area contributed by atoms with E-state index in [2.05, 4.69) is 32.0 Å². The van der Waals surface area contributed by atoms with E-state index in [0.717, 1.165) is 24.8 Å². The van der Waals surface area contributed by atoms with Crippen molar-refractivity contribution in [2.75, 3.05) is 0 Å². The standard InChI is InChI=1S/C14H20O/c1-11-5-3-7-13(9-11)14(15)8-4-6-12(2)10-14/h3,5,7,9,12,15H,4,6,8,10H2,1-2H3/t12-,14+/m0/s1. The van der Waals surface area contributed by atoms with Gasteiger partial charge >= 0.3 is 0 Å². The van der Waals surface area contributed by atoms with Crippen molar-refractivity contribution >= 4 is 0 Å². The summed E-state index contributed by atoms with van der Waals surface area (Å²) < 4.78 is 0. The van der Waals surface area contributed by atoms with Crippen LogP contribution >= 0.6 is 0 Å². The van der Waals surface area contributed by atoms with Crippen molar-refractivity contribution in [2.24, 2.45) is 5.92 Å². The molecule has 0 aromatic heterocycles. The second-order valence-corrected chi connectivity index (χ2v) is 5.10. The molecule has 0 amide bonds. The molecule has 1 aliphatic carbocycles. The second kappa shape index (κ2) is 3.97. The van der Waals surface area contributed by atoms with Crippen LogP contribution in [0.4, 0.5) is 0 Å². The SMILES string of the molecule is Cc1cccc([C@@]2(O)CCC[C@H](C)C2)c1. The zero-order chi connectivity index (χ0) is 10.9. The Bertz CT molecular complexity index is 345. The molecule has 1 heteroatoms. The van der Waals surface area contributed by atoms with Crippen molar-refractivity contribution in [3.63, 3.8) is 0 Å². The van der Waals surface area contributed by atoms with Gasteiger partial charge in [0.2, 0.25) is 0 Å². The lowest BCUT2D eigenvalue weighted by molar-refractivity contribution is -0.0179. The van der Waals surface area contributed by atoms with Gasteiger partial charge in [-0.1, -0.05) is 43.2 Å². The smallest absolute Gasteiger partial charge is 0.0899 e. The molecule has 0 unspecified atom stereocenters. The van der Waals surface area contributed by atoms with Crippen molar-refractivity contribution in [3.05, 3.63) is 35.4 Å². The fraction of sp³-hybridized carbons (Fsp3) is 0.571. The predicted octanol–water partition coefficient (Wildman–Crippen LogP) is 3.39. The second-order valence-electron chi connectivity index (χ2n) is 5.10. The Morgan fingerprint density at radius 1 is 1.40 bits per heavy atom. The molecule has 1 aliphatic rings. The zero-order valence-corrected chi connectivity index (χ0v) is 9.66. The van der Waals surface area contributed by atoms with Crippen LogP contribution in [0.15, 0.2) is 24.3 Å². The predicted molar refractivity (Wildman–Crippen MR) is 62.7 cm³/mol. The Hall–Kier alpha value is -0.820. The number of rotatable bonds is 1. The first-order valence-electron chi connectivity index (χ1n) is 5.90. The average molecular weight is 204 g/mol. The molecule has 82 valence electrons. The fourth-order valence-corrected chi connectivity index (χ4v) is 2.72. The van der Waals surface area contributed by atoms with Crippen LogP contribution in [0.2, 0.25) is 0 Å². The van der Waals surface area contributed by atoms with E-state index in [1.807, 2.05) is 6.07 Å². The highest BCUT2D eigenvalue weighted by Gasteiger charge is 2.34. The van der Waals surface area contributed by atoms with Gasteiger partial charge < -0.3 is 5.11 Å². The third kappa shape index (κ3) is 2.23. The van der Waals surface area contributed by atoms with E-state index in [9.17, 15) is 5.11 Å². The molecule has 1 nitrogen and oxygen atoms in total. The summed E-state index contributed by atoms with van der Waals surface area (Å²) in [7, 11) is 0. The Morgan fingerprint density at radius 2 is 2.20 bits per heavy atom. The first-order valence-corrected chi connectivity index (χ1v) is 5.90. The topological polar surface area (TPSA) is 20.2 Å². The summed E-state index contributed by atoms with van der Waals surface area (Å²) in [5, 5.41) is 10.6. The highest BCUT2D eigenvalue weighted by atomic mass is 16.3. The quantitative estimate of drug-likeness (QED) is 0.743. The Balaban J connectivity index is 2.28. The van der Waals surface area contributed by atoms with Gasteiger partial charge in [0.15, 0.2) is 0 Å². The van der Waals surface area contributed by atoms with E-state index < -0.39 is 5.60 Å². The number of hydrogen-bond donors (Lipinski definition) is 1. The number of hydrogen-bond acceptors (Lipinski definition) is 1. The summed E-state index contributed by atoms with van der Waals surface area (Å²) in [4.78, 5) is 0. The third-order valence-corrected chi connectivity index (χ3v) is 3.53. The van der Waals surface area contributed by atoms with E-state index in [1.54, 1.807) is 0 Å². The Labute approximate surface area is 92.1 Å². The van der Waals surface area contributed by atoms with Gasteiger partial charge in [-0.25, -0.2) is 0 Å². The van der Waals surface area contributed by atoms with Crippen molar-refractivity contribution in [2.45, 2.75) is 45.1 Å². The maximum atomic E-state index is 10.6. The van der Waals surface area contributed by atoms with E-state index in [-0.39, 0.29) is 0 Å². The summed E-state index contributed by atoms with van der Waals surface area (Å²) in [6, 6.07) is 8.31. The Kier molecular flexibility index (Phi) is 2.83. The van der Waals surface area contributed by atoms with Crippen LogP contribution < -0.4 is 0 Å². The summed E-state index contributed by atoms with van der Waals surface area (Å²) >= 11 is 0. The van der Waals surface area contributed by atoms with Crippen molar-refractivity contribution in [1.82, 2.24) is 0 Å². The van der Waals surface area contributed by atoms with Crippen LogP contribution in [0, 0.1) is 12.8 Å². The van der Waals surface area contributed by atoms with Crippen molar-refractivity contribution in [1.29, 1.82) is 0 Å². The lowest BCUT2D eigenvalue weighted by Gasteiger charge is -2.36. The van der Waals surface area contributed by atoms with Crippen LogP contribution in [-0.4, -0.2) is 5.11 Å². The third-order valence-electron chi connectivity index (χ3n) is 3.53. The highest BCUT2D eigenvalue weighted by molar-refractivity contribution is 5.27. The van der Waals surface area contributed by atoms with Gasteiger partial charge in [-0.3, -0.25) is 0 Å². The van der Waals surface area contributed by atoms with E-state index in [4.69, 9.17) is 0 Å². The molecule has 0 heterocycles. The van der Waals surface area contributed by atoms with E-state index in [0.29, 0.717) is 5.92 Å². The summed E-state index contributed by atoms with van der Waals surface area (Å²) in [6.07, 6.45) is 4.23. The first kappa shape index (κ1) is 10.7. The van der Waals surface area contributed by atoms with Gasteiger partial charge in [-0.05, 0) is 37.7 Å². The van der Waals surface area contributed by atoms with Gasteiger partial charge in [0.1, 0.15) is 0 Å². The molecule has 1 N–H and O–H groups in total. The normalized spacial score (nSPS) is 31.5. The van der Waals surface area contributed by atoms with Crippen LogP contribution in [0.3, 0.4) is 0 Å². The first-order chi connectivity index (χ1) is 7.10. The average Bonchev–Trinajstić information content (AvgIpc) is 2.17. The molecular weight excluding hydrogens is 184 g/mol. The minimum atomic E-state index is -0.566. The molecule has 0 bridgehead atoms. The molecule has 1 saturated carbocycles. The monoisotopic (exact) mass is 204 g/mol. The van der Waals surface area contributed by atoms with E-state index >= 15 is 0 Å². The molecule has 0 radical (unpaired) electrons. The largest absolute Gasteiger partial charge is 0.385 e. The van der Waals surface area contributed by atoms with Gasteiger partial charge in [-0.15, -0.1) is 0 Å². The zero-order valence-electron chi connectivity index (χ0n) is 9.66. The molecule has 1 fully saturated rings. The molecule has 1 aromatic carbocycles. The molecular formula is C14H20O. The minimum Gasteiger partial charge on any atom is -0.385 e. The van der Waals surface area contributed by atoms with Crippen molar-refractivity contribution < 1.29 is 5.11 Å². The molecule has 0 saturated heterocycles. The van der Waals surface area contributed by atoms with E-state index in [1.165, 1.54) is 12.0 Å². The molecule has 2 rings (SSSR count). The van der Waals surface area contributed by atoms with Crippen LogP contribution in [0.25, 0.3) is 0 Å². The molecule has 0 spiro atoms. The summed E-state index contributed by atoms with van der Waals surface area (Å²) in [5.74, 6) is 0.643. The van der Waals surface area contributed by atoms with Gasteiger partial charge in [0, 0.05) is 0 Å². The maximum Gasteiger partial charge on any atom is 0.0899 e. The van der Waals surface area contributed by atoms with Gasteiger partial charge in [-0.2, -0.15) is 0 Å². The lowest BCUT2D eigenvalue weighted by atomic mass is 9.75. The number of aryl methyl sites for hydroxylation is 1. The van der Waals surface area contributed by atoms with Crippen LogP contribution in [0.1, 0.15) is 43.7 Å².